The van der Waals surface area contributed by atoms with Crippen molar-refractivity contribution in [2.75, 3.05) is 14.1 Å². The summed E-state index contributed by atoms with van der Waals surface area (Å²) in [5, 5.41) is 0. The average Bonchev–Trinajstić information content (AvgIpc) is 2.69. The molecule has 0 N–H and O–H groups in total. The monoisotopic (exact) mass is 218 g/mol. The molecule has 2 rings (SSSR count). The number of fused-ring (bicyclic) bond motifs is 1. The molecule has 0 amide bonds. The molecule has 0 aliphatic heterocycles. The normalized spacial score (nSPS) is 11.4. The van der Waals surface area contributed by atoms with Crippen molar-refractivity contribution in [1.29, 1.82) is 0 Å². The first-order chi connectivity index (χ1) is 7.72. The molecular weight excluding hydrogens is 204 g/mol. The quantitative estimate of drug-likeness (QED) is 0.571. The molecule has 2 aromatic rings. The van der Waals surface area contributed by atoms with Crippen LogP contribution in [0.5, 0.6) is 0 Å². The Morgan fingerprint density at radius 1 is 1.38 bits per heavy atom. The zero-order chi connectivity index (χ0) is 11.5. The molecule has 16 heavy (non-hydrogen) atoms. The predicted molar refractivity (Wildman–Crippen MR) is 62.8 cm³/mol. The third-order valence-corrected chi connectivity index (χ3v) is 2.13. The van der Waals surface area contributed by atoms with E-state index >= 15 is 0 Å². The number of hydrogen-bond donors (Lipinski definition) is 0. The molecule has 6 heteroatoms. The van der Waals surface area contributed by atoms with Gasteiger partial charge in [-0.05, 0) is 6.92 Å². The van der Waals surface area contributed by atoms with E-state index in [4.69, 9.17) is 0 Å². The van der Waals surface area contributed by atoms with Crippen molar-refractivity contribution in [2.24, 2.45) is 4.99 Å². The molecule has 0 saturated carbocycles. The summed E-state index contributed by atoms with van der Waals surface area (Å²) in [4.78, 5) is 18.7. The summed E-state index contributed by atoms with van der Waals surface area (Å²) < 4.78 is 1.96. The van der Waals surface area contributed by atoms with Crippen LogP contribution in [0.15, 0.2) is 17.6 Å². The molecule has 2 heterocycles. The Morgan fingerprint density at radius 3 is 2.88 bits per heavy atom. The fraction of sp³-hybridized carbons (Fsp3) is 0.400. The molecule has 0 unspecified atom stereocenters. The highest BCUT2D eigenvalue weighted by atomic mass is 15.2. The van der Waals surface area contributed by atoms with Gasteiger partial charge < -0.3 is 9.47 Å². The van der Waals surface area contributed by atoms with Gasteiger partial charge in [0.25, 0.3) is 0 Å². The highest BCUT2D eigenvalue weighted by Crippen LogP contribution is 2.19. The number of imidazole rings is 1. The van der Waals surface area contributed by atoms with Crippen molar-refractivity contribution in [2.45, 2.75) is 13.5 Å². The standard InChI is InChI=1S/C10H14N6/c1-4-16-7-13-8-9(14-6-15(2)3)11-5-12-10(8)16/h5-7H,4H2,1-3H3. The fourth-order valence-corrected chi connectivity index (χ4v) is 1.36. The summed E-state index contributed by atoms with van der Waals surface area (Å²) in [6.07, 6.45) is 4.97. The molecule has 0 saturated heterocycles. The van der Waals surface area contributed by atoms with Crippen LogP contribution in [0.2, 0.25) is 0 Å². The molecule has 0 aliphatic rings. The lowest BCUT2D eigenvalue weighted by Crippen LogP contribution is -2.07. The maximum atomic E-state index is 4.27. The number of rotatable bonds is 3. The predicted octanol–water partition coefficient (Wildman–Crippen LogP) is 1.07. The highest BCUT2D eigenvalue weighted by Gasteiger charge is 2.07. The smallest absolute Gasteiger partial charge is 0.184 e. The second kappa shape index (κ2) is 4.26. The van der Waals surface area contributed by atoms with E-state index in [0.29, 0.717) is 5.82 Å². The van der Waals surface area contributed by atoms with E-state index in [1.807, 2.05) is 30.5 Å². The van der Waals surface area contributed by atoms with Crippen molar-refractivity contribution in [3.8, 4) is 0 Å². The zero-order valence-electron chi connectivity index (χ0n) is 9.62. The van der Waals surface area contributed by atoms with E-state index in [1.165, 1.54) is 6.33 Å². The number of hydrogen-bond acceptors (Lipinski definition) is 4. The Balaban J connectivity index is 2.50. The number of aromatic nitrogens is 4. The van der Waals surface area contributed by atoms with Crippen LogP contribution in [-0.2, 0) is 6.54 Å². The minimum Gasteiger partial charge on any atom is -0.369 e. The van der Waals surface area contributed by atoms with Gasteiger partial charge in [0.15, 0.2) is 17.0 Å². The van der Waals surface area contributed by atoms with Crippen molar-refractivity contribution in [3.63, 3.8) is 0 Å². The molecular formula is C10H14N6. The minimum atomic E-state index is 0.603. The summed E-state index contributed by atoms with van der Waals surface area (Å²) in [6, 6.07) is 0. The minimum absolute atomic E-state index is 0.603. The Kier molecular flexibility index (Phi) is 2.80. The summed E-state index contributed by atoms with van der Waals surface area (Å²) in [5.74, 6) is 0.603. The molecule has 84 valence electrons. The van der Waals surface area contributed by atoms with Crippen LogP contribution < -0.4 is 0 Å². The van der Waals surface area contributed by atoms with Gasteiger partial charge in [-0.15, -0.1) is 0 Å². The Labute approximate surface area is 93.7 Å². The SMILES string of the molecule is CCn1cnc2c(N=CN(C)C)ncnc21. The topological polar surface area (TPSA) is 59.2 Å². The van der Waals surface area contributed by atoms with Crippen molar-refractivity contribution < 1.29 is 0 Å². The molecule has 0 aliphatic carbocycles. The van der Waals surface area contributed by atoms with Crippen LogP contribution >= 0.6 is 0 Å². The molecule has 0 atom stereocenters. The van der Waals surface area contributed by atoms with Gasteiger partial charge in [-0.2, -0.15) is 0 Å². The number of aliphatic imine (C=N–C) groups is 1. The summed E-state index contributed by atoms with van der Waals surface area (Å²) in [5.41, 5.74) is 1.56. The van der Waals surface area contributed by atoms with E-state index in [-0.39, 0.29) is 0 Å². The summed E-state index contributed by atoms with van der Waals surface area (Å²) in [7, 11) is 3.82. The van der Waals surface area contributed by atoms with Crippen molar-refractivity contribution in [3.05, 3.63) is 12.7 Å². The fourth-order valence-electron chi connectivity index (χ4n) is 1.36. The second-order valence-corrected chi connectivity index (χ2v) is 3.61. The molecule has 0 radical (unpaired) electrons. The van der Waals surface area contributed by atoms with Crippen LogP contribution in [-0.4, -0.2) is 44.9 Å². The molecule has 2 aromatic heterocycles. The molecule has 0 bridgehead atoms. The summed E-state index contributed by atoms with van der Waals surface area (Å²) >= 11 is 0. The summed E-state index contributed by atoms with van der Waals surface area (Å²) in [6.45, 7) is 2.89. The van der Waals surface area contributed by atoms with E-state index in [1.54, 1.807) is 12.7 Å². The van der Waals surface area contributed by atoms with E-state index in [2.05, 4.69) is 19.9 Å². The Bertz CT molecular complexity index is 513. The molecule has 0 spiro atoms. The van der Waals surface area contributed by atoms with Crippen LogP contribution in [0.3, 0.4) is 0 Å². The highest BCUT2D eigenvalue weighted by molar-refractivity contribution is 5.82. The Hall–Kier alpha value is -1.98. The van der Waals surface area contributed by atoms with Gasteiger partial charge >= 0.3 is 0 Å². The van der Waals surface area contributed by atoms with Gasteiger partial charge in [0.1, 0.15) is 6.33 Å². The van der Waals surface area contributed by atoms with Gasteiger partial charge in [0.05, 0.1) is 12.7 Å². The lowest BCUT2D eigenvalue weighted by atomic mass is 10.5. The van der Waals surface area contributed by atoms with Gasteiger partial charge in [0, 0.05) is 20.6 Å². The maximum Gasteiger partial charge on any atom is 0.184 e. The lowest BCUT2D eigenvalue weighted by molar-refractivity contribution is 0.643. The van der Waals surface area contributed by atoms with Gasteiger partial charge in [-0.25, -0.2) is 19.9 Å². The third kappa shape index (κ3) is 1.86. The first-order valence-corrected chi connectivity index (χ1v) is 5.08. The number of nitrogens with zero attached hydrogens (tertiary/aromatic N) is 6. The van der Waals surface area contributed by atoms with Crippen LogP contribution in [0.25, 0.3) is 11.2 Å². The second-order valence-electron chi connectivity index (χ2n) is 3.61. The Morgan fingerprint density at radius 2 is 2.19 bits per heavy atom. The van der Waals surface area contributed by atoms with Crippen LogP contribution in [0, 0.1) is 0 Å². The van der Waals surface area contributed by atoms with Gasteiger partial charge in [-0.3, -0.25) is 0 Å². The van der Waals surface area contributed by atoms with Crippen molar-refractivity contribution >= 4 is 23.3 Å². The first-order valence-electron chi connectivity index (χ1n) is 5.08. The van der Waals surface area contributed by atoms with Gasteiger partial charge in [0.2, 0.25) is 0 Å². The van der Waals surface area contributed by atoms with E-state index < -0.39 is 0 Å². The number of aryl methyl sites for hydroxylation is 1. The molecule has 0 aromatic carbocycles. The average molecular weight is 218 g/mol. The lowest BCUT2D eigenvalue weighted by Gasteiger charge is -2.02. The molecule has 0 fully saturated rings. The van der Waals surface area contributed by atoms with E-state index in [0.717, 1.165) is 17.7 Å². The van der Waals surface area contributed by atoms with E-state index in [9.17, 15) is 0 Å². The largest absolute Gasteiger partial charge is 0.369 e. The first kappa shape index (κ1) is 10.5. The third-order valence-electron chi connectivity index (χ3n) is 2.13. The molecule has 6 nitrogen and oxygen atoms in total. The zero-order valence-corrected chi connectivity index (χ0v) is 9.62. The van der Waals surface area contributed by atoms with Gasteiger partial charge in [-0.1, -0.05) is 0 Å². The maximum absolute atomic E-state index is 4.27. The van der Waals surface area contributed by atoms with Crippen LogP contribution in [0.4, 0.5) is 5.82 Å². The van der Waals surface area contributed by atoms with Crippen LogP contribution in [0.1, 0.15) is 6.92 Å². The van der Waals surface area contributed by atoms with Crippen molar-refractivity contribution in [1.82, 2.24) is 24.4 Å².